The van der Waals surface area contributed by atoms with E-state index in [1.165, 1.54) is 11.3 Å². The quantitative estimate of drug-likeness (QED) is 0.806. The maximum absolute atomic E-state index is 11.6. The average Bonchev–Trinajstić information content (AvgIpc) is 2.68. The van der Waals surface area contributed by atoms with Crippen LogP contribution >= 0.6 is 11.3 Å². The van der Waals surface area contributed by atoms with Crippen molar-refractivity contribution in [2.75, 3.05) is 7.05 Å². The van der Waals surface area contributed by atoms with Crippen molar-refractivity contribution < 1.29 is 4.79 Å². The molecule has 14 heavy (non-hydrogen) atoms. The van der Waals surface area contributed by atoms with E-state index in [0.29, 0.717) is 13.0 Å². The van der Waals surface area contributed by atoms with Gasteiger partial charge >= 0.3 is 0 Å². The number of carbonyl (C=O) groups is 1. The van der Waals surface area contributed by atoms with Crippen molar-refractivity contribution in [2.24, 2.45) is 5.73 Å². The summed E-state index contributed by atoms with van der Waals surface area (Å²) < 4.78 is 0. The van der Waals surface area contributed by atoms with Crippen LogP contribution in [0.2, 0.25) is 0 Å². The molecule has 78 valence electrons. The van der Waals surface area contributed by atoms with Gasteiger partial charge in [0, 0.05) is 12.4 Å². The summed E-state index contributed by atoms with van der Waals surface area (Å²) in [5.74, 6) is -0.0273. The molecule has 1 amide bonds. The van der Waals surface area contributed by atoms with Crippen LogP contribution in [0.5, 0.6) is 0 Å². The van der Waals surface area contributed by atoms with Gasteiger partial charge < -0.3 is 10.6 Å². The molecule has 0 aliphatic heterocycles. The van der Waals surface area contributed by atoms with Crippen molar-refractivity contribution in [1.82, 2.24) is 9.88 Å². The molecule has 0 saturated heterocycles. The molecule has 1 heterocycles. The van der Waals surface area contributed by atoms with Crippen molar-refractivity contribution in [3.05, 3.63) is 16.6 Å². The number of rotatable bonds is 4. The molecule has 1 aromatic rings. The summed E-state index contributed by atoms with van der Waals surface area (Å²) in [5, 5.41) is 1.93. The van der Waals surface area contributed by atoms with Crippen molar-refractivity contribution in [3.8, 4) is 0 Å². The fourth-order valence-corrected chi connectivity index (χ4v) is 1.64. The van der Waals surface area contributed by atoms with E-state index < -0.39 is 6.04 Å². The minimum Gasteiger partial charge on any atom is -0.338 e. The first-order chi connectivity index (χ1) is 6.65. The maximum Gasteiger partial charge on any atom is 0.239 e. The highest BCUT2D eigenvalue weighted by molar-refractivity contribution is 7.07. The van der Waals surface area contributed by atoms with Crippen LogP contribution in [-0.2, 0) is 11.3 Å². The fraction of sp³-hybridized carbons (Fsp3) is 0.556. The first kappa shape index (κ1) is 11.1. The molecule has 0 bridgehead atoms. The van der Waals surface area contributed by atoms with Crippen LogP contribution in [0, 0.1) is 0 Å². The normalized spacial score (nSPS) is 12.5. The molecule has 1 rings (SSSR count). The highest BCUT2D eigenvalue weighted by Crippen LogP contribution is 2.05. The summed E-state index contributed by atoms with van der Waals surface area (Å²) in [7, 11) is 1.75. The number of hydrogen-bond donors (Lipinski definition) is 1. The molecule has 0 saturated carbocycles. The second-order valence-corrected chi connectivity index (χ2v) is 3.91. The Hall–Kier alpha value is -0.940. The minimum atomic E-state index is -0.390. The molecule has 0 aliphatic carbocycles. The third-order valence-electron chi connectivity index (χ3n) is 2.02. The second-order valence-electron chi connectivity index (χ2n) is 3.19. The highest BCUT2D eigenvalue weighted by Gasteiger charge is 2.16. The van der Waals surface area contributed by atoms with Gasteiger partial charge in [0.2, 0.25) is 5.91 Å². The van der Waals surface area contributed by atoms with Gasteiger partial charge in [0.15, 0.2) is 0 Å². The molecule has 2 N–H and O–H groups in total. The summed E-state index contributed by atoms with van der Waals surface area (Å²) in [4.78, 5) is 17.3. The number of aromatic nitrogens is 1. The van der Waals surface area contributed by atoms with Gasteiger partial charge in [0.05, 0.1) is 23.8 Å². The van der Waals surface area contributed by atoms with Crippen LogP contribution in [0.3, 0.4) is 0 Å². The number of carbonyl (C=O) groups excluding carboxylic acids is 1. The Morgan fingerprint density at radius 2 is 2.50 bits per heavy atom. The summed E-state index contributed by atoms with van der Waals surface area (Å²) in [5.41, 5.74) is 8.31. The van der Waals surface area contributed by atoms with Crippen LogP contribution in [0.4, 0.5) is 0 Å². The van der Waals surface area contributed by atoms with Gasteiger partial charge in [-0.25, -0.2) is 4.98 Å². The lowest BCUT2D eigenvalue weighted by atomic mass is 10.2. The SMILES string of the molecule is CC[C@H](N)C(=O)N(C)Cc1cscn1. The Morgan fingerprint density at radius 1 is 1.79 bits per heavy atom. The molecule has 0 spiro atoms. The van der Waals surface area contributed by atoms with Crippen molar-refractivity contribution >= 4 is 17.2 Å². The summed E-state index contributed by atoms with van der Waals surface area (Å²) in [6, 6.07) is -0.390. The van der Waals surface area contributed by atoms with Crippen molar-refractivity contribution in [2.45, 2.75) is 25.9 Å². The molecular weight excluding hydrogens is 198 g/mol. The van der Waals surface area contributed by atoms with E-state index in [4.69, 9.17) is 5.73 Å². The molecule has 5 heteroatoms. The number of amides is 1. The average molecular weight is 213 g/mol. The first-order valence-corrected chi connectivity index (χ1v) is 5.47. The molecule has 0 unspecified atom stereocenters. The number of hydrogen-bond acceptors (Lipinski definition) is 4. The van der Waals surface area contributed by atoms with Gasteiger partial charge in [-0.3, -0.25) is 4.79 Å². The number of likely N-dealkylation sites (N-methyl/N-ethyl adjacent to an activating group) is 1. The van der Waals surface area contributed by atoms with Gasteiger partial charge in [0.25, 0.3) is 0 Å². The fourth-order valence-electron chi connectivity index (χ4n) is 1.09. The highest BCUT2D eigenvalue weighted by atomic mass is 32.1. The first-order valence-electron chi connectivity index (χ1n) is 4.52. The van der Waals surface area contributed by atoms with Gasteiger partial charge in [0.1, 0.15) is 0 Å². The zero-order valence-corrected chi connectivity index (χ0v) is 9.25. The van der Waals surface area contributed by atoms with Crippen LogP contribution in [0.1, 0.15) is 19.0 Å². The predicted octanol–water partition coefficient (Wildman–Crippen LogP) is 0.839. The number of nitrogens with zero attached hydrogens (tertiary/aromatic N) is 2. The van der Waals surface area contributed by atoms with E-state index in [0.717, 1.165) is 5.69 Å². The Morgan fingerprint density at radius 3 is 3.00 bits per heavy atom. The zero-order valence-electron chi connectivity index (χ0n) is 8.43. The monoisotopic (exact) mass is 213 g/mol. The Kier molecular flexibility index (Phi) is 4.03. The van der Waals surface area contributed by atoms with Crippen molar-refractivity contribution in [3.63, 3.8) is 0 Å². The second kappa shape index (κ2) is 5.07. The van der Waals surface area contributed by atoms with Crippen LogP contribution in [0.25, 0.3) is 0 Å². The summed E-state index contributed by atoms with van der Waals surface area (Å²) in [6.45, 7) is 2.44. The van der Waals surface area contributed by atoms with Crippen LogP contribution < -0.4 is 5.73 Å². The van der Waals surface area contributed by atoms with Gasteiger partial charge in [-0.05, 0) is 6.42 Å². The largest absolute Gasteiger partial charge is 0.338 e. The van der Waals surface area contributed by atoms with E-state index in [-0.39, 0.29) is 5.91 Å². The van der Waals surface area contributed by atoms with Crippen LogP contribution in [0.15, 0.2) is 10.9 Å². The summed E-state index contributed by atoms with van der Waals surface area (Å²) in [6.07, 6.45) is 0.667. The number of thiazole rings is 1. The van der Waals surface area contributed by atoms with E-state index in [1.807, 2.05) is 12.3 Å². The number of nitrogens with two attached hydrogens (primary N) is 1. The molecule has 1 aromatic heterocycles. The lowest BCUT2D eigenvalue weighted by Gasteiger charge is -2.19. The topological polar surface area (TPSA) is 59.2 Å². The van der Waals surface area contributed by atoms with Crippen LogP contribution in [-0.4, -0.2) is 28.9 Å². The Bertz CT molecular complexity index is 286. The zero-order chi connectivity index (χ0) is 10.6. The lowest BCUT2D eigenvalue weighted by Crippen LogP contribution is -2.40. The lowest BCUT2D eigenvalue weighted by molar-refractivity contribution is -0.131. The molecular formula is C9H15N3OS. The maximum atomic E-state index is 11.6. The molecule has 0 aromatic carbocycles. The molecule has 0 radical (unpaired) electrons. The predicted molar refractivity (Wildman–Crippen MR) is 56.9 cm³/mol. The third kappa shape index (κ3) is 2.78. The van der Waals surface area contributed by atoms with E-state index in [2.05, 4.69) is 4.98 Å². The van der Waals surface area contributed by atoms with Gasteiger partial charge in [-0.1, -0.05) is 6.92 Å². The standard InChI is InChI=1S/C9H15N3OS/c1-3-8(10)9(13)12(2)4-7-5-14-6-11-7/h5-6,8H,3-4,10H2,1-2H3/t8-/m0/s1. The van der Waals surface area contributed by atoms with E-state index in [1.54, 1.807) is 17.5 Å². The van der Waals surface area contributed by atoms with E-state index >= 15 is 0 Å². The van der Waals surface area contributed by atoms with Gasteiger partial charge in [-0.15, -0.1) is 11.3 Å². The van der Waals surface area contributed by atoms with Gasteiger partial charge in [-0.2, -0.15) is 0 Å². The minimum absolute atomic E-state index is 0.0273. The van der Waals surface area contributed by atoms with Crippen molar-refractivity contribution in [1.29, 1.82) is 0 Å². The smallest absolute Gasteiger partial charge is 0.239 e. The summed E-state index contributed by atoms with van der Waals surface area (Å²) >= 11 is 1.53. The molecule has 1 atom stereocenters. The Labute approximate surface area is 87.7 Å². The molecule has 0 aliphatic rings. The van der Waals surface area contributed by atoms with E-state index in [9.17, 15) is 4.79 Å². The molecule has 0 fully saturated rings. The third-order valence-corrected chi connectivity index (χ3v) is 2.65. The molecule has 4 nitrogen and oxygen atoms in total. The Balaban J connectivity index is 2.50.